The summed E-state index contributed by atoms with van der Waals surface area (Å²) in [5, 5.41) is 7.80. The second-order valence-corrected chi connectivity index (χ2v) is 3.71. The van der Waals surface area contributed by atoms with Gasteiger partial charge in [-0.1, -0.05) is 38.2 Å². The van der Waals surface area contributed by atoms with Crippen molar-refractivity contribution in [1.82, 2.24) is 10.2 Å². The van der Waals surface area contributed by atoms with Crippen LogP contribution in [0.1, 0.15) is 0 Å². The SMILES string of the molecule is CB(C)c1cnncc1B(C)C. The number of rotatable bonds is 2. The lowest BCUT2D eigenvalue weighted by atomic mass is 9.39. The van der Waals surface area contributed by atoms with Crippen molar-refractivity contribution < 1.29 is 0 Å². The van der Waals surface area contributed by atoms with Crippen molar-refractivity contribution in [2.24, 2.45) is 0 Å². The van der Waals surface area contributed by atoms with E-state index in [1.807, 2.05) is 12.4 Å². The molecule has 12 heavy (non-hydrogen) atoms. The first-order valence-electron chi connectivity index (χ1n) is 4.43. The van der Waals surface area contributed by atoms with Crippen LogP contribution in [0.2, 0.25) is 27.3 Å². The maximum absolute atomic E-state index is 3.90. The van der Waals surface area contributed by atoms with Crippen molar-refractivity contribution in [1.29, 1.82) is 0 Å². The Morgan fingerprint density at radius 3 is 1.42 bits per heavy atom. The van der Waals surface area contributed by atoms with Gasteiger partial charge in [0, 0.05) is 12.4 Å². The van der Waals surface area contributed by atoms with Crippen LogP contribution < -0.4 is 10.9 Å². The molecule has 0 saturated carbocycles. The maximum atomic E-state index is 3.90. The summed E-state index contributed by atoms with van der Waals surface area (Å²) in [6.07, 6.45) is 3.75. The van der Waals surface area contributed by atoms with E-state index in [4.69, 9.17) is 0 Å². The fraction of sp³-hybridized carbons (Fsp3) is 0.500. The van der Waals surface area contributed by atoms with Gasteiger partial charge in [0.1, 0.15) is 0 Å². The Morgan fingerprint density at radius 1 is 0.833 bits per heavy atom. The third kappa shape index (κ3) is 1.87. The van der Waals surface area contributed by atoms with Crippen LogP contribution in [0.3, 0.4) is 0 Å². The van der Waals surface area contributed by atoms with E-state index in [-0.39, 0.29) is 0 Å². The van der Waals surface area contributed by atoms with Crippen molar-refractivity contribution in [2.75, 3.05) is 0 Å². The molecular weight excluding hydrogens is 146 g/mol. The van der Waals surface area contributed by atoms with Gasteiger partial charge >= 0.3 is 0 Å². The zero-order chi connectivity index (χ0) is 9.14. The molecule has 0 amide bonds. The molecule has 0 spiro atoms. The van der Waals surface area contributed by atoms with E-state index >= 15 is 0 Å². The van der Waals surface area contributed by atoms with Crippen molar-refractivity contribution in [3.05, 3.63) is 12.4 Å². The van der Waals surface area contributed by atoms with E-state index < -0.39 is 0 Å². The largest absolute Gasteiger partial charge is 0.171 e. The Labute approximate surface area is 74.9 Å². The highest BCUT2D eigenvalue weighted by molar-refractivity contribution is 6.81. The summed E-state index contributed by atoms with van der Waals surface area (Å²) in [6.45, 7) is 9.81. The van der Waals surface area contributed by atoms with Gasteiger partial charge in [0.05, 0.1) is 0 Å². The van der Waals surface area contributed by atoms with Crippen molar-refractivity contribution >= 4 is 24.4 Å². The molecule has 0 bridgehead atoms. The minimum Gasteiger partial charge on any atom is -0.160 e. The highest BCUT2D eigenvalue weighted by Crippen LogP contribution is 1.85. The van der Waals surface area contributed by atoms with Gasteiger partial charge in [0.2, 0.25) is 0 Å². The highest BCUT2D eigenvalue weighted by atomic mass is 15.1. The fourth-order valence-electron chi connectivity index (χ4n) is 1.30. The summed E-state index contributed by atoms with van der Waals surface area (Å²) >= 11 is 0. The summed E-state index contributed by atoms with van der Waals surface area (Å²) < 4.78 is 0. The molecule has 1 aromatic rings. The van der Waals surface area contributed by atoms with Crippen LogP contribution in [0.4, 0.5) is 0 Å². The minimum absolute atomic E-state index is 0.540. The molecule has 0 unspecified atom stereocenters. The summed E-state index contributed by atoms with van der Waals surface area (Å²) in [7, 11) is 0. The van der Waals surface area contributed by atoms with Gasteiger partial charge in [-0.3, -0.25) is 0 Å². The summed E-state index contributed by atoms with van der Waals surface area (Å²) in [4.78, 5) is 0. The van der Waals surface area contributed by atoms with Crippen LogP contribution in [0.5, 0.6) is 0 Å². The molecule has 0 radical (unpaired) electrons. The Morgan fingerprint density at radius 2 is 1.17 bits per heavy atom. The van der Waals surface area contributed by atoms with E-state index in [2.05, 4.69) is 37.5 Å². The van der Waals surface area contributed by atoms with E-state index in [0.29, 0.717) is 13.4 Å². The second kappa shape index (κ2) is 3.74. The molecule has 1 aromatic heterocycles. The van der Waals surface area contributed by atoms with Crippen LogP contribution in [-0.2, 0) is 0 Å². The second-order valence-electron chi connectivity index (χ2n) is 3.71. The monoisotopic (exact) mass is 160 g/mol. The molecule has 2 nitrogen and oxygen atoms in total. The average Bonchev–Trinajstić information content (AvgIpc) is 2.04. The van der Waals surface area contributed by atoms with Crippen molar-refractivity contribution in [2.45, 2.75) is 27.3 Å². The number of hydrogen-bond donors (Lipinski definition) is 0. The lowest BCUT2D eigenvalue weighted by Gasteiger charge is -2.10. The Bertz CT molecular complexity index is 234. The predicted octanol–water partition coefficient (Wildman–Crippen LogP) is 0.399. The van der Waals surface area contributed by atoms with E-state index in [0.717, 1.165) is 0 Å². The van der Waals surface area contributed by atoms with Crippen molar-refractivity contribution in [3.8, 4) is 0 Å². The first-order valence-corrected chi connectivity index (χ1v) is 4.43. The van der Waals surface area contributed by atoms with E-state index in [1.165, 1.54) is 10.9 Å². The van der Waals surface area contributed by atoms with Crippen LogP contribution in [0.15, 0.2) is 12.4 Å². The van der Waals surface area contributed by atoms with E-state index in [1.54, 1.807) is 0 Å². The highest BCUT2D eigenvalue weighted by Gasteiger charge is 2.13. The zero-order valence-electron chi connectivity index (χ0n) is 8.20. The van der Waals surface area contributed by atoms with Gasteiger partial charge in [-0.05, 0) is 0 Å². The van der Waals surface area contributed by atoms with Gasteiger partial charge in [0.25, 0.3) is 0 Å². The molecule has 0 aromatic carbocycles. The van der Waals surface area contributed by atoms with E-state index in [9.17, 15) is 0 Å². The molecule has 0 aliphatic heterocycles. The van der Waals surface area contributed by atoms with Crippen LogP contribution in [0, 0.1) is 0 Å². The van der Waals surface area contributed by atoms with Gasteiger partial charge in [-0.15, -0.1) is 0 Å². The molecule has 0 aliphatic rings. The molecule has 0 atom stereocenters. The molecule has 0 aliphatic carbocycles. The summed E-state index contributed by atoms with van der Waals surface area (Å²) in [6, 6.07) is 0. The number of nitrogens with zero attached hydrogens (tertiary/aromatic N) is 2. The first-order chi connectivity index (χ1) is 5.63. The minimum atomic E-state index is 0.540. The summed E-state index contributed by atoms with van der Waals surface area (Å²) in [5.41, 5.74) is 2.64. The normalized spacial score (nSPS) is 9.67. The fourth-order valence-corrected chi connectivity index (χ4v) is 1.30. The van der Waals surface area contributed by atoms with Crippen molar-refractivity contribution in [3.63, 3.8) is 0 Å². The Kier molecular flexibility index (Phi) is 2.90. The Hall–Kier alpha value is -0.790. The molecule has 1 heterocycles. The molecule has 62 valence electrons. The molecule has 1 rings (SSSR count). The maximum Gasteiger partial charge on any atom is 0.171 e. The van der Waals surface area contributed by atoms with Crippen LogP contribution in [-0.4, -0.2) is 23.6 Å². The van der Waals surface area contributed by atoms with Crippen LogP contribution >= 0.6 is 0 Å². The zero-order valence-corrected chi connectivity index (χ0v) is 8.20. The molecule has 0 fully saturated rings. The lowest BCUT2D eigenvalue weighted by Crippen LogP contribution is -2.44. The van der Waals surface area contributed by atoms with Gasteiger partial charge < -0.3 is 0 Å². The molecule has 0 N–H and O–H groups in total. The number of hydrogen-bond acceptors (Lipinski definition) is 2. The third-order valence-corrected chi connectivity index (χ3v) is 2.04. The molecular formula is C8H14B2N2. The smallest absolute Gasteiger partial charge is 0.160 e. The number of aromatic nitrogens is 2. The topological polar surface area (TPSA) is 25.8 Å². The Balaban J connectivity index is 3.09. The lowest BCUT2D eigenvalue weighted by molar-refractivity contribution is 1.04. The van der Waals surface area contributed by atoms with Gasteiger partial charge in [-0.2, -0.15) is 10.2 Å². The third-order valence-electron chi connectivity index (χ3n) is 2.04. The summed E-state index contributed by atoms with van der Waals surface area (Å²) in [5.74, 6) is 0. The van der Waals surface area contributed by atoms with Crippen LogP contribution in [0.25, 0.3) is 0 Å². The van der Waals surface area contributed by atoms with Gasteiger partial charge in [0.15, 0.2) is 13.4 Å². The van der Waals surface area contributed by atoms with Gasteiger partial charge in [-0.25, -0.2) is 0 Å². The first kappa shape index (κ1) is 9.30. The predicted molar refractivity (Wildman–Crippen MR) is 56.3 cm³/mol. The molecule has 0 saturated heterocycles. The average molecular weight is 160 g/mol. The quantitative estimate of drug-likeness (QED) is 0.585. The molecule has 4 heteroatoms. The standard InChI is InChI=1S/C8H14B2N2/c1-9(2)7-5-11-12-6-8(7)10(3)4/h5-6H,1-4H3.